The van der Waals surface area contributed by atoms with Gasteiger partial charge < -0.3 is 5.32 Å². The highest BCUT2D eigenvalue weighted by molar-refractivity contribution is 9.09. The third-order valence-electron chi connectivity index (χ3n) is 2.00. The molecule has 0 aromatic carbocycles. The lowest BCUT2D eigenvalue weighted by molar-refractivity contribution is -0.135. The number of carbonyl (C=O) groups excluding carboxylic acids is 1. The molecule has 0 aliphatic heterocycles. The fraction of sp³-hybridized carbons (Fsp3) is 0.900. The number of hydrogen-bond acceptors (Lipinski definition) is 1. The summed E-state index contributed by atoms with van der Waals surface area (Å²) >= 11 is 3.25. The molecule has 0 atom stereocenters. The van der Waals surface area contributed by atoms with Crippen LogP contribution in [0.3, 0.4) is 0 Å². The Labute approximate surface area is 102 Å². The molecule has 0 bridgehead atoms. The fourth-order valence-corrected chi connectivity index (χ4v) is 1.54. The number of hydrogen-bond donors (Lipinski definition) is 1. The van der Waals surface area contributed by atoms with E-state index in [0.29, 0.717) is 19.4 Å². The molecular formula is C10H17BrF3NO. The first-order valence-corrected chi connectivity index (χ1v) is 6.47. The molecule has 6 heteroatoms. The Bertz CT molecular complexity index is 197. The van der Waals surface area contributed by atoms with Gasteiger partial charge in [-0.1, -0.05) is 15.9 Å². The molecular weight excluding hydrogens is 287 g/mol. The molecule has 1 N–H and O–H groups in total. The van der Waals surface area contributed by atoms with Crippen LogP contribution in [0.2, 0.25) is 0 Å². The van der Waals surface area contributed by atoms with Crippen LogP contribution >= 0.6 is 15.9 Å². The summed E-state index contributed by atoms with van der Waals surface area (Å²) in [6.45, 7) is 0.337. The smallest absolute Gasteiger partial charge is 0.356 e. The maximum atomic E-state index is 11.8. The second-order valence-electron chi connectivity index (χ2n) is 3.57. The summed E-state index contributed by atoms with van der Waals surface area (Å²) in [5.41, 5.74) is 0. The predicted molar refractivity (Wildman–Crippen MR) is 60.6 cm³/mol. The van der Waals surface area contributed by atoms with E-state index < -0.39 is 12.6 Å². The molecule has 0 saturated heterocycles. The van der Waals surface area contributed by atoms with Gasteiger partial charge in [0.15, 0.2) is 0 Å². The summed E-state index contributed by atoms with van der Waals surface area (Å²) < 4.78 is 35.3. The highest BCUT2D eigenvalue weighted by atomic mass is 79.9. The first-order chi connectivity index (χ1) is 7.45. The molecule has 0 rings (SSSR count). The van der Waals surface area contributed by atoms with Crippen molar-refractivity contribution in [3.63, 3.8) is 0 Å². The third kappa shape index (κ3) is 11.8. The Kier molecular flexibility index (Phi) is 8.70. The summed E-state index contributed by atoms with van der Waals surface area (Å²) in [6.07, 6.45) is -2.22. The van der Waals surface area contributed by atoms with Gasteiger partial charge in [0.25, 0.3) is 0 Å². The van der Waals surface area contributed by atoms with Crippen LogP contribution < -0.4 is 5.32 Å². The lowest BCUT2D eigenvalue weighted by Crippen LogP contribution is -2.24. The van der Waals surface area contributed by atoms with Crippen molar-refractivity contribution in [1.29, 1.82) is 0 Å². The standard InChI is InChI=1S/C10H17BrF3NO/c11-7-3-1-5-9(16)15-8-4-2-6-10(12,13)14/h1-8H2,(H,15,16). The minimum absolute atomic E-state index is 0.0746. The van der Waals surface area contributed by atoms with Crippen LogP contribution in [0.25, 0.3) is 0 Å². The minimum atomic E-state index is -4.08. The van der Waals surface area contributed by atoms with Crippen molar-refractivity contribution in [2.24, 2.45) is 0 Å². The van der Waals surface area contributed by atoms with Gasteiger partial charge in [-0.25, -0.2) is 0 Å². The zero-order valence-corrected chi connectivity index (χ0v) is 10.7. The van der Waals surface area contributed by atoms with Gasteiger partial charge in [-0.2, -0.15) is 13.2 Å². The van der Waals surface area contributed by atoms with Gasteiger partial charge in [-0.15, -0.1) is 0 Å². The van der Waals surface area contributed by atoms with E-state index in [1.54, 1.807) is 0 Å². The highest BCUT2D eigenvalue weighted by Gasteiger charge is 2.25. The first kappa shape index (κ1) is 15.7. The number of rotatable bonds is 8. The van der Waals surface area contributed by atoms with Gasteiger partial charge in [0.05, 0.1) is 0 Å². The molecule has 2 nitrogen and oxygen atoms in total. The quantitative estimate of drug-likeness (QED) is 0.540. The molecule has 0 unspecified atom stereocenters. The van der Waals surface area contributed by atoms with Gasteiger partial charge in [-0.3, -0.25) is 4.79 Å². The van der Waals surface area contributed by atoms with E-state index >= 15 is 0 Å². The molecule has 0 aromatic heterocycles. The van der Waals surface area contributed by atoms with Crippen LogP contribution in [0.5, 0.6) is 0 Å². The number of nitrogens with one attached hydrogen (secondary N) is 1. The Morgan fingerprint density at radius 3 is 2.38 bits per heavy atom. The van der Waals surface area contributed by atoms with Crippen molar-refractivity contribution >= 4 is 21.8 Å². The van der Waals surface area contributed by atoms with Gasteiger partial charge in [0, 0.05) is 24.7 Å². The van der Waals surface area contributed by atoms with Gasteiger partial charge >= 0.3 is 6.18 Å². The van der Waals surface area contributed by atoms with E-state index in [1.807, 2.05) is 0 Å². The van der Waals surface area contributed by atoms with E-state index in [-0.39, 0.29) is 12.3 Å². The zero-order valence-electron chi connectivity index (χ0n) is 9.08. The molecule has 16 heavy (non-hydrogen) atoms. The van der Waals surface area contributed by atoms with E-state index in [9.17, 15) is 18.0 Å². The molecule has 1 amide bonds. The Morgan fingerprint density at radius 2 is 1.81 bits per heavy atom. The van der Waals surface area contributed by atoms with E-state index in [1.165, 1.54) is 0 Å². The molecule has 0 radical (unpaired) electrons. The summed E-state index contributed by atoms with van der Waals surface area (Å²) in [5.74, 6) is -0.0760. The van der Waals surface area contributed by atoms with Crippen LogP contribution in [0, 0.1) is 0 Å². The van der Waals surface area contributed by atoms with Crippen molar-refractivity contribution in [2.75, 3.05) is 11.9 Å². The molecule has 96 valence electrons. The number of halogens is 4. The molecule has 0 saturated carbocycles. The predicted octanol–water partition coefficient (Wildman–Crippen LogP) is 3.40. The molecule has 0 fully saturated rings. The molecule has 0 aliphatic rings. The van der Waals surface area contributed by atoms with E-state index in [4.69, 9.17) is 0 Å². The van der Waals surface area contributed by atoms with Gasteiger partial charge in [0.2, 0.25) is 5.91 Å². The van der Waals surface area contributed by atoms with Gasteiger partial charge in [-0.05, 0) is 25.7 Å². The van der Waals surface area contributed by atoms with Crippen LogP contribution in [0.15, 0.2) is 0 Å². The number of unbranched alkanes of at least 4 members (excludes halogenated alkanes) is 2. The van der Waals surface area contributed by atoms with Crippen LogP contribution in [-0.4, -0.2) is 24.0 Å². The average Bonchev–Trinajstić information content (AvgIpc) is 2.16. The average molecular weight is 304 g/mol. The van der Waals surface area contributed by atoms with Crippen molar-refractivity contribution < 1.29 is 18.0 Å². The Hall–Kier alpha value is -0.260. The lowest BCUT2D eigenvalue weighted by atomic mass is 10.2. The Balaban J connectivity index is 3.28. The highest BCUT2D eigenvalue weighted by Crippen LogP contribution is 2.21. The van der Waals surface area contributed by atoms with Crippen molar-refractivity contribution in [3.8, 4) is 0 Å². The van der Waals surface area contributed by atoms with E-state index in [0.717, 1.165) is 18.2 Å². The first-order valence-electron chi connectivity index (χ1n) is 5.35. The maximum absolute atomic E-state index is 11.8. The summed E-state index contributed by atoms with van der Waals surface area (Å²) in [6, 6.07) is 0. The van der Waals surface area contributed by atoms with Crippen molar-refractivity contribution in [2.45, 2.75) is 44.7 Å². The second kappa shape index (κ2) is 8.84. The van der Waals surface area contributed by atoms with Crippen LogP contribution in [0.4, 0.5) is 13.2 Å². The van der Waals surface area contributed by atoms with E-state index in [2.05, 4.69) is 21.2 Å². The summed E-state index contributed by atoms with van der Waals surface area (Å²) in [5, 5.41) is 3.47. The zero-order chi connectivity index (χ0) is 12.4. The van der Waals surface area contributed by atoms with Crippen LogP contribution in [0.1, 0.15) is 38.5 Å². The fourth-order valence-electron chi connectivity index (χ4n) is 1.15. The topological polar surface area (TPSA) is 29.1 Å². The van der Waals surface area contributed by atoms with Gasteiger partial charge in [0.1, 0.15) is 0 Å². The lowest BCUT2D eigenvalue weighted by Gasteiger charge is -2.06. The molecule has 0 heterocycles. The van der Waals surface area contributed by atoms with Crippen molar-refractivity contribution in [1.82, 2.24) is 5.32 Å². The Morgan fingerprint density at radius 1 is 1.12 bits per heavy atom. The molecule has 0 aliphatic carbocycles. The van der Waals surface area contributed by atoms with Crippen LogP contribution in [-0.2, 0) is 4.79 Å². The van der Waals surface area contributed by atoms with Crippen molar-refractivity contribution in [3.05, 3.63) is 0 Å². The largest absolute Gasteiger partial charge is 0.389 e. The summed E-state index contributed by atoms with van der Waals surface area (Å²) in [7, 11) is 0. The summed E-state index contributed by atoms with van der Waals surface area (Å²) in [4.78, 5) is 11.1. The molecule has 0 spiro atoms. The molecule has 0 aromatic rings. The monoisotopic (exact) mass is 303 g/mol. The normalized spacial score (nSPS) is 11.5. The number of amides is 1. The number of alkyl halides is 4. The number of carbonyl (C=O) groups is 1. The SMILES string of the molecule is O=C(CCCCBr)NCCCCC(F)(F)F. The second-order valence-corrected chi connectivity index (χ2v) is 4.36. The maximum Gasteiger partial charge on any atom is 0.389 e. The minimum Gasteiger partial charge on any atom is -0.356 e. The third-order valence-corrected chi connectivity index (χ3v) is 2.56.